The van der Waals surface area contributed by atoms with Gasteiger partial charge in [0.05, 0.1) is 0 Å². The first-order chi connectivity index (χ1) is 15.9. The third-order valence-corrected chi connectivity index (χ3v) is 6.21. The summed E-state index contributed by atoms with van der Waals surface area (Å²) in [6, 6.07) is 8.16. The zero-order valence-corrected chi connectivity index (χ0v) is 20.5. The van der Waals surface area contributed by atoms with Crippen LogP contribution in [0.1, 0.15) is 32.2 Å². The molecule has 0 unspecified atom stereocenters. The summed E-state index contributed by atoms with van der Waals surface area (Å²) in [5.74, 6) is 0.592. The van der Waals surface area contributed by atoms with Gasteiger partial charge in [0.25, 0.3) is 5.91 Å². The second-order valence-electron chi connectivity index (χ2n) is 7.57. The number of carbonyl (C=O) groups is 1. The lowest BCUT2D eigenvalue weighted by atomic mass is 10.0. The van der Waals surface area contributed by atoms with E-state index in [1.54, 1.807) is 18.4 Å². The first kappa shape index (κ1) is 24.1. The van der Waals surface area contributed by atoms with Crippen molar-refractivity contribution >= 4 is 33.8 Å². The van der Waals surface area contributed by atoms with Crippen molar-refractivity contribution in [3.8, 4) is 10.6 Å². The second kappa shape index (κ2) is 10.8. The first-order valence-electron chi connectivity index (χ1n) is 10.8. The van der Waals surface area contributed by atoms with Crippen molar-refractivity contribution in [1.29, 1.82) is 0 Å². The van der Waals surface area contributed by atoms with Crippen LogP contribution in [0.4, 0.5) is 5.82 Å². The highest BCUT2D eigenvalue weighted by molar-refractivity contribution is 7.14. The molecule has 170 valence electrons. The van der Waals surface area contributed by atoms with Crippen LogP contribution in [0.5, 0.6) is 0 Å². The second-order valence-corrected chi connectivity index (χ2v) is 8.75. The predicted molar refractivity (Wildman–Crippen MR) is 138 cm³/mol. The third kappa shape index (κ3) is 5.81. The minimum atomic E-state index is -0.0998. The molecule has 2 aromatic heterocycles. The summed E-state index contributed by atoms with van der Waals surface area (Å²) < 4.78 is 0. The Balaban J connectivity index is 1.83. The number of nitrogens with one attached hydrogen (secondary N) is 2. The monoisotopic (exact) mass is 459 g/mol. The van der Waals surface area contributed by atoms with Gasteiger partial charge < -0.3 is 10.6 Å². The highest BCUT2D eigenvalue weighted by Crippen LogP contribution is 2.28. The molecule has 3 aromatic rings. The summed E-state index contributed by atoms with van der Waals surface area (Å²) >= 11 is 1.57. The van der Waals surface area contributed by atoms with Crippen LogP contribution in [0.3, 0.4) is 0 Å². The largest absolute Gasteiger partial charge is 0.355 e. The van der Waals surface area contributed by atoms with Crippen LogP contribution in [-0.4, -0.2) is 28.1 Å². The molecular formula is C26H29N5OS. The van der Waals surface area contributed by atoms with Crippen LogP contribution in [0.2, 0.25) is 0 Å². The quantitative estimate of drug-likeness (QED) is 0.321. The van der Waals surface area contributed by atoms with Gasteiger partial charge in [-0.2, -0.15) is 0 Å². The fraction of sp³-hybridized carbons (Fsp3) is 0.231. The van der Waals surface area contributed by atoms with Crippen LogP contribution in [0, 0.1) is 6.92 Å². The van der Waals surface area contributed by atoms with Crippen molar-refractivity contribution in [1.82, 2.24) is 20.5 Å². The fourth-order valence-electron chi connectivity index (χ4n) is 3.26. The number of rotatable bonds is 8. The molecule has 33 heavy (non-hydrogen) atoms. The van der Waals surface area contributed by atoms with Gasteiger partial charge >= 0.3 is 0 Å². The van der Waals surface area contributed by atoms with E-state index in [9.17, 15) is 4.79 Å². The van der Waals surface area contributed by atoms with E-state index in [1.807, 2.05) is 70.3 Å². The Morgan fingerprint density at radius 3 is 2.61 bits per heavy atom. The lowest BCUT2D eigenvalue weighted by Crippen LogP contribution is -2.20. The van der Waals surface area contributed by atoms with Crippen LogP contribution in [0.15, 0.2) is 77.7 Å². The first-order valence-corrected chi connectivity index (χ1v) is 11.6. The summed E-state index contributed by atoms with van der Waals surface area (Å²) in [5.41, 5.74) is 4.29. The summed E-state index contributed by atoms with van der Waals surface area (Å²) in [5, 5.41) is 18.3. The van der Waals surface area contributed by atoms with E-state index < -0.39 is 0 Å². The van der Waals surface area contributed by atoms with Crippen LogP contribution < -0.4 is 10.6 Å². The molecular weight excluding hydrogens is 430 g/mol. The number of aromatic nitrogens is 3. The average Bonchev–Trinajstić information content (AvgIpc) is 3.26. The molecule has 7 heteroatoms. The molecule has 0 aliphatic rings. The molecule has 0 fully saturated rings. The van der Waals surface area contributed by atoms with Crippen LogP contribution in [0.25, 0.3) is 21.3 Å². The number of amides is 1. The lowest BCUT2D eigenvalue weighted by Gasteiger charge is -2.12. The Morgan fingerprint density at radius 2 is 1.97 bits per heavy atom. The van der Waals surface area contributed by atoms with E-state index >= 15 is 0 Å². The highest BCUT2D eigenvalue weighted by atomic mass is 32.1. The minimum Gasteiger partial charge on any atom is -0.355 e. The van der Waals surface area contributed by atoms with E-state index in [-0.39, 0.29) is 5.91 Å². The number of aryl methyl sites for hydroxylation is 1. The number of likely N-dealkylation sites (N-methyl/N-ethyl adjacent to an activating group) is 1. The van der Waals surface area contributed by atoms with Gasteiger partial charge in [0.1, 0.15) is 15.8 Å². The van der Waals surface area contributed by atoms with Gasteiger partial charge in [-0.15, -0.1) is 10.2 Å². The number of anilines is 1. The van der Waals surface area contributed by atoms with E-state index in [1.165, 1.54) is 0 Å². The SMILES string of the molecule is C=C(Nc1cc2cc(-c3nnc(C)s3)ccc2cn1)C(/C=C\C(C(=O)NC)=C(/C)CC)=C/C. The molecule has 0 saturated heterocycles. The molecule has 2 heterocycles. The molecule has 0 aliphatic carbocycles. The fourth-order valence-corrected chi connectivity index (χ4v) is 3.95. The smallest absolute Gasteiger partial charge is 0.250 e. The Labute approximate surface area is 198 Å². The third-order valence-electron chi connectivity index (χ3n) is 5.32. The lowest BCUT2D eigenvalue weighted by molar-refractivity contribution is -0.116. The minimum absolute atomic E-state index is 0.0998. The Kier molecular flexibility index (Phi) is 7.90. The number of hydrogen-bond donors (Lipinski definition) is 2. The maximum absolute atomic E-state index is 12.2. The van der Waals surface area contributed by atoms with E-state index in [0.29, 0.717) is 17.1 Å². The van der Waals surface area contributed by atoms with E-state index in [2.05, 4.69) is 38.5 Å². The number of hydrogen-bond acceptors (Lipinski definition) is 6. The summed E-state index contributed by atoms with van der Waals surface area (Å²) in [6.07, 6.45) is 8.32. The zero-order valence-electron chi connectivity index (χ0n) is 19.7. The van der Waals surface area contributed by atoms with Crippen molar-refractivity contribution in [2.75, 3.05) is 12.4 Å². The van der Waals surface area contributed by atoms with Gasteiger partial charge in [0, 0.05) is 35.5 Å². The molecule has 1 aromatic carbocycles. The summed E-state index contributed by atoms with van der Waals surface area (Å²) in [7, 11) is 1.64. The van der Waals surface area contributed by atoms with Crippen molar-refractivity contribution in [2.45, 2.75) is 34.1 Å². The molecule has 0 saturated carbocycles. The standard InChI is InChI=1S/C26H29N5OS/c1-7-16(3)23(25(32)27-6)12-11-19(8-2)17(4)29-24-14-22-13-20(9-10-21(22)15-28-24)26-31-30-18(5)33-26/h8-15H,4,7H2,1-3,5-6H3,(H,27,32)(H,28,29)/b12-11-,19-8+,23-16-. The van der Waals surface area contributed by atoms with Gasteiger partial charge in [-0.25, -0.2) is 4.98 Å². The average molecular weight is 460 g/mol. The van der Waals surface area contributed by atoms with Gasteiger partial charge in [-0.05, 0) is 56.4 Å². The molecule has 0 spiro atoms. The Hall–Kier alpha value is -3.58. The van der Waals surface area contributed by atoms with Crippen molar-refractivity contribution < 1.29 is 4.79 Å². The number of nitrogens with zero attached hydrogens (tertiary/aromatic N) is 3. The molecule has 1 amide bonds. The predicted octanol–water partition coefficient (Wildman–Crippen LogP) is 5.96. The van der Waals surface area contributed by atoms with Gasteiger partial charge in [0.2, 0.25) is 0 Å². The van der Waals surface area contributed by atoms with Gasteiger partial charge in [0.15, 0.2) is 0 Å². The highest BCUT2D eigenvalue weighted by Gasteiger charge is 2.09. The molecule has 0 atom stereocenters. The van der Waals surface area contributed by atoms with Crippen molar-refractivity contribution in [2.24, 2.45) is 0 Å². The Bertz CT molecular complexity index is 1280. The zero-order chi connectivity index (χ0) is 24.0. The number of benzene rings is 1. The van der Waals surface area contributed by atoms with E-state index in [4.69, 9.17) is 0 Å². The van der Waals surface area contributed by atoms with E-state index in [0.717, 1.165) is 43.9 Å². The number of carbonyl (C=O) groups excluding carboxylic acids is 1. The summed E-state index contributed by atoms with van der Waals surface area (Å²) in [4.78, 5) is 16.8. The normalized spacial score (nSPS) is 12.7. The van der Waals surface area contributed by atoms with Gasteiger partial charge in [-0.1, -0.05) is 54.7 Å². The van der Waals surface area contributed by atoms with Crippen molar-refractivity contribution in [3.63, 3.8) is 0 Å². The maximum atomic E-state index is 12.2. The maximum Gasteiger partial charge on any atom is 0.250 e. The molecule has 0 radical (unpaired) electrons. The number of fused-ring (bicyclic) bond motifs is 1. The number of allylic oxidation sites excluding steroid dienone is 3. The Morgan fingerprint density at radius 1 is 1.18 bits per heavy atom. The molecule has 0 aliphatic heterocycles. The molecule has 0 bridgehead atoms. The summed E-state index contributed by atoms with van der Waals surface area (Å²) in [6.45, 7) is 12.1. The van der Waals surface area contributed by atoms with Crippen LogP contribution in [-0.2, 0) is 4.79 Å². The van der Waals surface area contributed by atoms with Crippen LogP contribution >= 0.6 is 11.3 Å². The molecule has 2 N–H and O–H groups in total. The van der Waals surface area contributed by atoms with Gasteiger partial charge in [-0.3, -0.25) is 4.79 Å². The topological polar surface area (TPSA) is 79.8 Å². The molecule has 6 nitrogen and oxygen atoms in total. The number of pyridine rings is 1. The molecule has 3 rings (SSSR count). The van der Waals surface area contributed by atoms with Crippen molar-refractivity contribution in [3.05, 3.63) is 82.7 Å².